The average Bonchev–Trinajstić information content (AvgIpc) is 2.74. The number of benzene rings is 3. The zero-order valence-corrected chi connectivity index (χ0v) is 18.3. The Bertz CT molecular complexity index is 1160. The molecule has 3 aromatic carbocycles. The fourth-order valence-electron chi connectivity index (χ4n) is 2.76. The number of methoxy groups -OCH3 is 1. The summed E-state index contributed by atoms with van der Waals surface area (Å²) in [5.74, 6) is 0.212. The topological polar surface area (TPSA) is 75.7 Å². The van der Waals surface area contributed by atoms with Crippen molar-refractivity contribution in [3.63, 3.8) is 0 Å². The molecule has 156 valence electrons. The van der Waals surface area contributed by atoms with Crippen molar-refractivity contribution in [3.05, 3.63) is 82.9 Å². The fraction of sp³-hybridized carbons (Fsp3) is 0.136. The second-order valence-electron chi connectivity index (χ2n) is 6.63. The number of anilines is 2. The van der Waals surface area contributed by atoms with E-state index in [2.05, 4.69) is 5.32 Å². The van der Waals surface area contributed by atoms with Crippen LogP contribution in [0.25, 0.3) is 0 Å². The van der Waals surface area contributed by atoms with Gasteiger partial charge in [-0.2, -0.15) is 0 Å². The van der Waals surface area contributed by atoms with Crippen molar-refractivity contribution in [2.24, 2.45) is 0 Å². The molecule has 0 fully saturated rings. The molecule has 3 aromatic rings. The van der Waals surface area contributed by atoms with E-state index >= 15 is 0 Å². The first-order chi connectivity index (χ1) is 14.2. The molecule has 0 radical (unpaired) electrons. The molecule has 0 aliphatic heterocycles. The molecule has 0 heterocycles. The Morgan fingerprint density at radius 2 is 1.63 bits per heavy atom. The van der Waals surface area contributed by atoms with Crippen molar-refractivity contribution in [3.8, 4) is 5.75 Å². The van der Waals surface area contributed by atoms with Crippen LogP contribution in [0.4, 0.5) is 11.4 Å². The first kappa shape index (κ1) is 21.7. The number of rotatable bonds is 6. The van der Waals surface area contributed by atoms with Gasteiger partial charge in [0, 0.05) is 12.7 Å². The molecule has 0 aliphatic rings. The largest absolute Gasteiger partial charge is 0.497 e. The van der Waals surface area contributed by atoms with Crippen LogP contribution in [0, 0.1) is 6.92 Å². The highest BCUT2D eigenvalue weighted by Gasteiger charge is 2.23. The fourth-order valence-corrected chi connectivity index (χ4v) is 4.15. The molecule has 8 heteroatoms. The molecule has 6 nitrogen and oxygen atoms in total. The van der Waals surface area contributed by atoms with Crippen molar-refractivity contribution in [2.45, 2.75) is 11.8 Å². The Morgan fingerprint density at radius 1 is 1.00 bits per heavy atom. The van der Waals surface area contributed by atoms with Crippen molar-refractivity contribution < 1.29 is 17.9 Å². The number of amides is 1. The lowest BCUT2D eigenvalue weighted by Crippen LogP contribution is -2.27. The zero-order chi connectivity index (χ0) is 21.9. The van der Waals surface area contributed by atoms with Crippen LogP contribution in [0.2, 0.25) is 5.02 Å². The number of ether oxygens (including phenoxy) is 1. The number of hydrogen-bond acceptors (Lipinski definition) is 4. The van der Waals surface area contributed by atoms with E-state index in [0.717, 1.165) is 9.87 Å². The Balaban J connectivity index is 1.88. The smallest absolute Gasteiger partial charge is 0.264 e. The van der Waals surface area contributed by atoms with Gasteiger partial charge in [0.05, 0.1) is 28.3 Å². The lowest BCUT2D eigenvalue weighted by atomic mass is 10.1. The minimum atomic E-state index is -3.79. The molecule has 3 rings (SSSR count). The molecule has 0 spiro atoms. The predicted octanol–water partition coefficient (Wildman–Crippen LogP) is 4.73. The van der Waals surface area contributed by atoms with Gasteiger partial charge in [0.15, 0.2) is 0 Å². The Morgan fingerprint density at radius 3 is 2.23 bits per heavy atom. The monoisotopic (exact) mass is 444 g/mol. The number of halogens is 1. The summed E-state index contributed by atoms with van der Waals surface area (Å²) < 4.78 is 32.1. The second kappa shape index (κ2) is 8.77. The summed E-state index contributed by atoms with van der Waals surface area (Å²) >= 11 is 6.21. The van der Waals surface area contributed by atoms with Crippen LogP contribution >= 0.6 is 11.6 Å². The number of nitrogens with zero attached hydrogens (tertiary/aromatic N) is 1. The minimum absolute atomic E-state index is 0.162. The summed E-state index contributed by atoms with van der Waals surface area (Å²) in [6, 6.07) is 17.9. The molecule has 0 aliphatic carbocycles. The molecule has 0 aromatic heterocycles. The van der Waals surface area contributed by atoms with E-state index in [1.54, 1.807) is 61.7 Å². The third-order valence-electron chi connectivity index (χ3n) is 4.59. The Labute approximate surface area is 181 Å². The van der Waals surface area contributed by atoms with Gasteiger partial charge in [-0.1, -0.05) is 29.3 Å². The van der Waals surface area contributed by atoms with Gasteiger partial charge in [0.2, 0.25) is 0 Å². The predicted molar refractivity (Wildman–Crippen MR) is 119 cm³/mol. The summed E-state index contributed by atoms with van der Waals surface area (Å²) in [6.07, 6.45) is 0. The molecule has 1 N–H and O–H groups in total. The highest BCUT2D eigenvalue weighted by molar-refractivity contribution is 7.92. The maximum Gasteiger partial charge on any atom is 0.264 e. The van der Waals surface area contributed by atoms with Gasteiger partial charge in [-0.25, -0.2) is 8.42 Å². The maximum absolute atomic E-state index is 12.9. The maximum atomic E-state index is 12.9. The highest BCUT2D eigenvalue weighted by atomic mass is 35.5. The van der Waals surface area contributed by atoms with E-state index in [1.807, 2.05) is 6.92 Å². The van der Waals surface area contributed by atoms with Gasteiger partial charge in [0.25, 0.3) is 15.9 Å². The Hall–Kier alpha value is -3.03. The first-order valence-corrected chi connectivity index (χ1v) is 10.8. The third kappa shape index (κ3) is 4.58. The van der Waals surface area contributed by atoms with Gasteiger partial charge in [0.1, 0.15) is 5.75 Å². The SMILES string of the molecule is COc1ccc(NC(=O)c2cc(N(C)S(=O)(=O)c3ccc(C)cc3)ccc2Cl)cc1. The summed E-state index contributed by atoms with van der Waals surface area (Å²) in [4.78, 5) is 12.9. The average molecular weight is 445 g/mol. The van der Waals surface area contributed by atoms with Crippen LogP contribution in [0.1, 0.15) is 15.9 Å². The molecule has 0 saturated carbocycles. The number of carbonyl (C=O) groups is 1. The van der Waals surface area contributed by atoms with Crippen LogP contribution in [0.15, 0.2) is 71.6 Å². The standard InChI is InChI=1S/C22H21ClN2O4S/c1-15-4-11-19(12-5-15)30(27,28)25(2)17-8-13-21(23)20(14-17)22(26)24-16-6-9-18(29-3)10-7-16/h4-14H,1-3H3,(H,24,26). The molecule has 0 unspecified atom stereocenters. The summed E-state index contributed by atoms with van der Waals surface area (Å²) in [7, 11) is -0.796. The minimum Gasteiger partial charge on any atom is -0.497 e. The van der Waals surface area contributed by atoms with E-state index < -0.39 is 15.9 Å². The first-order valence-electron chi connectivity index (χ1n) is 9.03. The molecule has 30 heavy (non-hydrogen) atoms. The molecule has 0 atom stereocenters. The Kier molecular flexibility index (Phi) is 6.34. The van der Waals surface area contributed by atoms with Gasteiger partial charge >= 0.3 is 0 Å². The number of aryl methyl sites for hydroxylation is 1. The van der Waals surface area contributed by atoms with E-state index in [1.165, 1.54) is 19.2 Å². The quantitative estimate of drug-likeness (QED) is 0.596. The van der Waals surface area contributed by atoms with Crippen LogP contribution in [0.3, 0.4) is 0 Å². The number of hydrogen-bond donors (Lipinski definition) is 1. The summed E-state index contributed by atoms with van der Waals surface area (Å²) in [5, 5.41) is 2.96. The normalized spacial score (nSPS) is 11.1. The van der Waals surface area contributed by atoms with Crippen molar-refractivity contribution in [1.29, 1.82) is 0 Å². The molecule has 0 bridgehead atoms. The lowest BCUT2D eigenvalue weighted by molar-refractivity contribution is 0.102. The van der Waals surface area contributed by atoms with E-state index in [4.69, 9.17) is 16.3 Å². The zero-order valence-electron chi connectivity index (χ0n) is 16.7. The second-order valence-corrected chi connectivity index (χ2v) is 9.01. The van der Waals surface area contributed by atoms with E-state index in [9.17, 15) is 13.2 Å². The van der Waals surface area contributed by atoms with Gasteiger partial charge < -0.3 is 10.1 Å². The molecule has 1 amide bonds. The summed E-state index contributed by atoms with van der Waals surface area (Å²) in [6.45, 7) is 1.88. The van der Waals surface area contributed by atoms with Crippen LogP contribution in [-0.4, -0.2) is 28.5 Å². The van der Waals surface area contributed by atoms with Crippen LogP contribution in [-0.2, 0) is 10.0 Å². The van der Waals surface area contributed by atoms with Crippen molar-refractivity contribution >= 4 is 38.9 Å². The van der Waals surface area contributed by atoms with Crippen LogP contribution in [0.5, 0.6) is 5.75 Å². The molecular weight excluding hydrogens is 424 g/mol. The number of nitrogens with one attached hydrogen (secondary N) is 1. The van der Waals surface area contributed by atoms with Gasteiger partial charge in [-0.3, -0.25) is 9.10 Å². The number of sulfonamides is 1. The van der Waals surface area contributed by atoms with Gasteiger partial charge in [-0.05, 0) is 61.5 Å². The van der Waals surface area contributed by atoms with E-state index in [0.29, 0.717) is 17.1 Å². The highest BCUT2D eigenvalue weighted by Crippen LogP contribution is 2.28. The number of carbonyl (C=O) groups excluding carboxylic acids is 1. The van der Waals surface area contributed by atoms with Crippen LogP contribution < -0.4 is 14.4 Å². The lowest BCUT2D eigenvalue weighted by Gasteiger charge is -2.20. The molecular formula is C22H21ClN2O4S. The van der Waals surface area contributed by atoms with Crippen molar-refractivity contribution in [2.75, 3.05) is 23.8 Å². The summed E-state index contributed by atoms with van der Waals surface area (Å²) in [5.41, 5.74) is 2.00. The van der Waals surface area contributed by atoms with Gasteiger partial charge in [-0.15, -0.1) is 0 Å². The third-order valence-corrected chi connectivity index (χ3v) is 6.71. The van der Waals surface area contributed by atoms with Crippen molar-refractivity contribution in [1.82, 2.24) is 0 Å². The molecule has 0 saturated heterocycles. The van der Waals surface area contributed by atoms with E-state index in [-0.39, 0.29) is 15.5 Å².